The van der Waals surface area contributed by atoms with Crippen LogP contribution in [-0.4, -0.2) is 51.0 Å². The molecule has 2 bridgehead atoms. The molecular formula is C31H31NO5. The second-order valence-corrected chi connectivity index (χ2v) is 9.82. The molecule has 6 nitrogen and oxygen atoms in total. The number of amides is 1. The van der Waals surface area contributed by atoms with Gasteiger partial charge in [-0.15, -0.1) is 0 Å². The fourth-order valence-corrected chi connectivity index (χ4v) is 6.26. The summed E-state index contributed by atoms with van der Waals surface area (Å²) >= 11 is 0. The third-order valence-corrected chi connectivity index (χ3v) is 7.98. The highest BCUT2D eigenvalue weighted by molar-refractivity contribution is 5.80. The molecule has 2 aliphatic heterocycles. The summed E-state index contributed by atoms with van der Waals surface area (Å²) in [6, 6.07) is 20.9. The molecular weight excluding hydrogens is 466 g/mol. The lowest BCUT2D eigenvalue weighted by molar-refractivity contribution is 0.0866. The Labute approximate surface area is 217 Å². The van der Waals surface area contributed by atoms with Crippen molar-refractivity contribution in [2.24, 2.45) is 0 Å². The molecule has 0 aromatic heterocycles. The number of fused-ring (bicyclic) bond motifs is 5. The monoisotopic (exact) mass is 497 g/mol. The first kappa shape index (κ1) is 23.5. The predicted molar refractivity (Wildman–Crippen MR) is 142 cm³/mol. The molecule has 1 aliphatic carbocycles. The first-order chi connectivity index (χ1) is 18.1. The van der Waals surface area contributed by atoms with Gasteiger partial charge in [0.05, 0.1) is 27.4 Å². The maximum atomic E-state index is 13.4. The molecule has 6 rings (SSSR count). The predicted octanol–water partition coefficient (Wildman–Crippen LogP) is 6.28. The van der Waals surface area contributed by atoms with E-state index >= 15 is 0 Å². The molecule has 1 fully saturated rings. The molecule has 0 saturated carbocycles. The Morgan fingerprint density at radius 2 is 1.49 bits per heavy atom. The topological polar surface area (TPSA) is 57.2 Å². The molecule has 190 valence electrons. The second-order valence-electron chi connectivity index (χ2n) is 9.82. The van der Waals surface area contributed by atoms with Gasteiger partial charge >= 0.3 is 6.09 Å². The van der Waals surface area contributed by atoms with Crippen LogP contribution in [0.2, 0.25) is 0 Å². The van der Waals surface area contributed by atoms with Crippen LogP contribution in [0, 0.1) is 0 Å². The zero-order valence-electron chi connectivity index (χ0n) is 21.4. The Morgan fingerprint density at radius 3 is 2.05 bits per heavy atom. The van der Waals surface area contributed by atoms with Crippen LogP contribution in [0.25, 0.3) is 16.7 Å². The fraction of sp³-hybridized carbons (Fsp3) is 0.323. The summed E-state index contributed by atoms with van der Waals surface area (Å²) in [5, 5.41) is 0. The molecule has 2 heterocycles. The summed E-state index contributed by atoms with van der Waals surface area (Å²) in [4.78, 5) is 15.3. The van der Waals surface area contributed by atoms with E-state index in [-0.39, 0.29) is 24.1 Å². The van der Waals surface area contributed by atoms with Crippen LogP contribution >= 0.6 is 0 Å². The Hall–Kier alpha value is -3.93. The summed E-state index contributed by atoms with van der Waals surface area (Å²) < 4.78 is 22.6. The van der Waals surface area contributed by atoms with E-state index in [1.165, 1.54) is 27.8 Å². The van der Waals surface area contributed by atoms with Crippen molar-refractivity contribution in [2.75, 3.05) is 27.9 Å². The number of rotatable bonds is 6. The van der Waals surface area contributed by atoms with Gasteiger partial charge in [0.2, 0.25) is 5.75 Å². The number of hydrogen-bond acceptors (Lipinski definition) is 5. The van der Waals surface area contributed by atoms with Gasteiger partial charge in [0.25, 0.3) is 0 Å². The summed E-state index contributed by atoms with van der Waals surface area (Å²) in [5.74, 6) is 1.89. The maximum Gasteiger partial charge on any atom is 0.410 e. The normalized spacial score (nSPS) is 19.6. The van der Waals surface area contributed by atoms with Crippen molar-refractivity contribution in [3.8, 4) is 28.4 Å². The van der Waals surface area contributed by atoms with Gasteiger partial charge in [0.1, 0.15) is 6.61 Å². The van der Waals surface area contributed by atoms with Crippen molar-refractivity contribution < 1.29 is 23.7 Å². The maximum absolute atomic E-state index is 13.4. The van der Waals surface area contributed by atoms with Gasteiger partial charge in [0, 0.05) is 12.0 Å². The highest BCUT2D eigenvalue weighted by atomic mass is 16.6. The van der Waals surface area contributed by atoms with Gasteiger partial charge < -0.3 is 18.9 Å². The summed E-state index contributed by atoms with van der Waals surface area (Å²) in [7, 11) is 4.85. The van der Waals surface area contributed by atoms with E-state index in [0.29, 0.717) is 23.9 Å². The average Bonchev–Trinajstić information content (AvgIpc) is 3.41. The molecule has 3 aromatic carbocycles. The Bertz CT molecular complexity index is 1310. The van der Waals surface area contributed by atoms with Crippen molar-refractivity contribution in [3.05, 3.63) is 83.4 Å². The van der Waals surface area contributed by atoms with Gasteiger partial charge in [0.15, 0.2) is 11.5 Å². The van der Waals surface area contributed by atoms with E-state index in [4.69, 9.17) is 18.9 Å². The van der Waals surface area contributed by atoms with Gasteiger partial charge in [-0.2, -0.15) is 0 Å². The lowest BCUT2D eigenvalue weighted by atomic mass is 9.94. The number of benzene rings is 3. The number of carbonyl (C=O) groups excluding carboxylic acids is 1. The van der Waals surface area contributed by atoms with Crippen molar-refractivity contribution >= 4 is 11.7 Å². The smallest absolute Gasteiger partial charge is 0.410 e. The Balaban J connectivity index is 1.21. The zero-order valence-corrected chi connectivity index (χ0v) is 21.4. The number of hydrogen-bond donors (Lipinski definition) is 0. The molecule has 37 heavy (non-hydrogen) atoms. The molecule has 0 N–H and O–H groups in total. The standard InChI is InChI=1S/C31H31NO5/c1-34-28-16-20(17-29(35-2)30(28)36-3)19-14-21-12-13-22(15-19)32(21)31(33)37-18-27-25-10-6-4-8-23(25)24-9-5-7-11-26(24)27/h4-11,14,16-17,21-22,27H,12-13,15,18H2,1-3H3. The third-order valence-electron chi connectivity index (χ3n) is 7.98. The Morgan fingerprint density at radius 1 is 0.865 bits per heavy atom. The van der Waals surface area contributed by atoms with Crippen molar-refractivity contribution in [3.63, 3.8) is 0 Å². The van der Waals surface area contributed by atoms with Crippen LogP contribution in [0.5, 0.6) is 17.2 Å². The highest BCUT2D eigenvalue weighted by Gasteiger charge is 2.41. The summed E-state index contributed by atoms with van der Waals surface area (Å²) in [6.07, 6.45) is 4.63. The zero-order chi connectivity index (χ0) is 25.5. The molecule has 6 heteroatoms. The molecule has 0 spiro atoms. The van der Waals surface area contributed by atoms with E-state index in [0.717, 1.165) is 24.8 Å². The molecule has 1 amide bonds. The molecule has 1 saturated heterocycles. The second kappa shape index (κ2) is 9.51. The van der Waals surface area contributed by atoms with E-state index in [1.54, 1.807) is 21.3 Å². The Kier molecular flexibility index (Phi) is 6.03. The van der Waals surface area contributed by atoms with Crippen LogP contribution < -0.4 is 14.2 Å². The highest BCUT2D eigenvalue weighted by Crippen LogP contribution is 2.46. The van der Waals surface area contributed by atoms with Crippen LogP contribution in [0.1, 0.15) is 41.9 Å². The van der Waals surface area contributed by atoms with E-state index in [1.807, 2.05) is 17.0 Å². The molecule has 2 unspecified atom stereocenters. The van der Waals surface area contributed by atoms with Crippen LogP contribution in [0.15, 0.2) is 66.7 Å². The quantitative estimate of drug-likeness (QED) is 0.401. The lowest BCUT2D eigenvalue weighted by Crippen LogP contribution is -2.43. The van der Waals surface area contributed by atoms with Gasteiger partial charge in [-0.1, -0.05) is 54.6 Å². The minimum atomic E-state index is -0.227. The van der Waals surface area contributed by atoms with E-state index in [9.17, 15) is 4.79 Å². The van der Waals surface area contributed by atoms with Crippen LogP contribution in [-0.2, 0) is 4.74 Å². The average molecular weight is 498 g/mol. The first-order valence-electron chi connectivity index (χ1n) is 12.8. The molecule has 3 aliphatic rings. The molecule has 3 aromatic rings. The summed E-state index contributed by atoms with van der Waals surface area (Å²) in [6.45, 7) is 0.340. The van der Waals surface area contributed by atoms with Crippen molar-refractivity contribution in [1.29, 1.82) is 0 Å². The fourth-order valence-electron chi connectivity index (χ4n) is 6.26. The van der Waals surface area contributed by atoms with Crippen LogP contribution in [0.3, 0.4) is 0 Å². The van der Waals surface area contributed by atoms with Crippen molar-refractivity contribution in [1.82, 2.24) is 4.90 Å². The van der Waals surface area contributed by atoms with E-state index < -0.39 is 0 Å². The first-order valence-corrected chi connectivity index (χ1v) is 12.8. The van der Waals surface area contributed by atoms with Crippen LogP contribution in [0.4, 0.5) is 4.79 Å². The third kappa shape index (κ3) is 3.91. The van der Waals surface area contributed by atoms with Gasteiger partial charge in [-0.25, -0.2) is 4.79 Å². The minimum absolute atomic E-state index is 0.0171. The molecule has 2 atom stereocenters. The van der Waals surface area contributed by atoms with E-state index in [2.05, 4.69) is 54.6 Å². The SMILES string of the molecule is COc1cc(C2=CC3CCC(C2)N3C(=O)OCC2c3ccccc3-c3ccccc32)cc(OC)c1OC. The largest absolute Gasteiger partial charge is 0.493 e. The van der Waals surface area contributed by atoms with Gasteiger partial charge in [-0.05, 0) is 64.8 Å². The number of carbonyl (C=O) groups is 1. The number of nitrogens with zero attached hydrogens (tertiary/aromatic N) is 1. The summed E-state index contributed by atoms with van der Waals surface area (Å²) in [5.41, 5.74) is 7.13. The number of methoxy groups -OCH3 is 3. The molecule has 0 radical (unpaired) electrons. The lowest BCUT2D eigenvalue weighted by Gasteiger charge is -2.34. The minimum Gasteiger partial charge on any atom is -0.493 e. The van der Waals surface area contributed by atoms with Crippen molar-refractivity contribution in [2.45, 2.75) is 37.3 Å². The number of ether oxygens (including phenoxy) is 4. The van der Waals surface area contributed by atoms with Gasteiger partial charge in [-0.3, -0.25) is 4.90 Å².